The number of imidazole rings is 1. The van der Waals surface area contributed by atoms with E-state index in [9.17, 15) is 22.8 Å². The summed E-state index contributed by atoms with van der Waals surface area (Å²) in [6.07, 6.45) is 3.77. The highest BCUT2D eigenvalue weighted by Gasteiger charge is 2.34. The number of methoxy groups -OCH3 is 1. The summed E-state index contributed by atoms with van der Waals surface area (Å²) in [5.41, 5.74) is 1.99. The number of hydrogen-bond acceptors (Lipinski definition) is 7. The van der Waals surface area contributed by atoms with Gasteiger partial charge in [-0.3, -0.25) is 19.3 Å². The number of aromatic nitrogens is 2. The number of rotatable bonds is 9. The summed E-state index contributed by atoms with van der Waals surface area (Å²) in [5.74, 6) is -1.97. The average molecular weight is 496 g/mol. The zero-order valence-corrected chi connectivity index (χ0v) is 20.2. The second-order valence-electron chi connectivity index (χ2n) is 8.33. The molecule has 0 saturated carbocycles. The summed E-state index contributed by atoms with van der Waals surface area (Å²) in [6, 6.07) is 13.1. The molecule has 0 spiro atoms. The fraction of sp³-hybridized carbons (Fsp3) is 0.280. The highest BCUT2D eigenvalue weighted by Crippen LogP contribution is 2.26. The molecule has 1 unspecified atom stereocenters. The Kier molecular flexibility index (Phi) is 6.83. The van der Waals surface area contributed by atoms with Gasteiger partial charge >= 0.3 is 5.97 Å². The maximum atomic E-state index is 12.9. The molecule has 1 atom stereocenters. The molecule has 182 valence electrons. The van der Waals surface area contributed by atoms with Gasteiger partial charge in [-0.25, -0.2) is 17.4 Å². The minimum Gasteiger partial charge on any atom is -0.469 e. The van der Waals surface area contributed by atoms with E-state index in [2.05, 4.69) is 4.98 Å². The average Bonchev–Trinajstić information content (AvgIpc) is 3.44. The van der Waals surface area contributed by atoms with Crippen LogP contribution in [0.5, 0.6) is 0 Å². The largest absolute Gasteiger partial charge is 0.469 e. The fourth-order valence-electron chi connectivity index (χ4n) is 4.05. The molecule has 2 amide bonds. The van der Waals surface area contributed by atoms with Crippen LogP contribution in [0.1, 0.15) is 57.2 Å². The minimum absolute atomic E-state index is 0.114. The summed E-state index contributed by atoms with van der Waals surface area (Å²) in [4.78, 5) is 42.9. The quantitative estimate of drug-likeness (QED) is 0.254. The lowest BCUT2D eigenvalue weighted by Crippen LogP contribution is -2.30. The van der Waals surface area contributed by atoms with Crippen LogP contribution in [0.2, 0.25) is 0 Å². The Morgan fingerprint density at radius 3 is 2.23 bits per heavy atom. The monoisotopic (exact) mass is 495 g/mol. The predicted molar refractivity (Wildman–Crippen MR) is 126 cm³/mol. The van der Waals surface area contributed by atoms with Gasteiger partial charge in [0.25, 0.3) is 21.8 Å². The number of aryl methyl sites for hydroxylation is 1. The number of nitrogens with zero attached hydrogens (tertiary/aromatic N) is 3. The SMILES string of the molecule is COC(=O)C(CCCCN1C(=O)c2ccccc2C1=O)c1cn(S(=O)(=O)c2ccc(C)cc2)cn1. The van der Waals surface area contributed by atoms with E-state index in [1.165, 1.54) is 36.7 Å². The normalized spacial score (nSPS) is 14.2. The minimum atomic E-state index is -3.86. The summed E-state index contributed by atoms with van der Waals surface area (Å²) in [7, 11) is -2.60. The number of carbonyl (C=O) groups excluding carboxylic acids is 3. The Labute approximate surface area is 203 Å². The molecule has 0 aliphatic carbocycles. The first-order valence-electron chi connectivity index (χ1n) is 11.1. The molecule has 2 aromatic carbocycles. The first-order chi connectivity index (χ1) is 16.7. The summed E-state index contributed by atoms with van der Waals surface area (Å²) in [6.45, 7) is 2.08. The van der Waals surface area contributed by atoms with E-state index < -0.39 is 21.9 Å². The molecule has 1 aromatic heterocycles. The summed E-state index contributed by atoms with van der Waals surface area (Å²) in [5, 5.41) is 0. The van der Waals surface area contributed by atoms with Crippen molar-refractivity contribution in [2.75, 3.05) is 13.7 Å². The second-order valence-corrected chi connectivity index (χ2v) is 10.2. The van der Waals surface area contributed by atoms with E-state index in [1.807, 2.05) is 6.92 Å². The van der Waals surface area contributed by atoms with Crippen LogP contribution in [0, 0.1) is 6.92 Å². The Bertz CT molecular complexity index is 1340. The molecular weight excluding hydrogens is 470 g/mol. The van der Waals surface area contributed by atoms with Gasteiger partial charge in [0.15, 0.2) is 0 Å². The van der Waals surface area contributed by atoms with Crippen LogP contribution in [0.4, 0.5) is 0 Å². The molecule has 3 aromatic rings. The van der Waals surface area contributed by atoms with Gasteiger partial charge in [-0.05, 0) is 44.0 Å². The number of amides is 2. The van der Waals surface area contributed by atoms with Crippen LogP contribution in [0.15, 0.2) is 66.0 Å². The number of unbranched alkanes of at least 4 members (excludes halogenated alkanes) is 1. The van der Waals surface area contributed by atoms with E-state index in [-0.39, 0.29) is 28.9 Å². The van der Waals surface area contributed by atoms with E-state index in [0.29, 0.717) is 30.4 Å². The van der Waals surface area contributed by atoms with Crippen molar-refractivity contribution in [1.82, 2.24) is 13.9 Å². The Morgan fingerprint density at radius 1 is 1.00 bits per heavy atom. The third kappa shape index (κ3) is 4.74. The van der Waals surface area contributed by atoms with Crippen molar-refractivity contribution < 1.29 is 27.5 Å². The van der Waals surface area contributed by atoms with Crippen molar-refractivity contribution in [3.8, 4) is 0 Å². The zero-order valence-electron chi connectivity index (χ0n) is 19.4. The van der Waals surface area contributed by atoms with Crippen LogP contribution >= 0.6 is 0 Å². The molecule has 9 nitrogen and oxygen atoms in total. The molecule has 1 aliphatic heterocycles. The highest BCUT2D eigenvalue weighted by molar-refractivity contribution is 7.90. The molecule has 1 aliphatic rings. The molecule has 0 bridgehead atoms. The summed E-state index contributed by atoms with van der Waals surface area (Å²) >= 11 is 0. The Balaban J connectivity index is 1.42. The predicted octanol–water partition coefficient (Wildman–Crippen LogP) is 3.15. The lowest BCUT2D eigenvalue weighted by Gasteiger charge is -2.15. The first kappa shape index (κ1) is 24.3. The molecule has 2 heterocycles. The number of ether oxygens (including phenoxy) is 1. The van der Waals surface area contributed by atoms with Gasteiger partial charge < -0.3 is 4.74 Å². The molecule has 0 saturated heterocycles. The Hall–Kier alpha value is -3.79. The van der Waals surface area contributed by atoms with Gasteiger partial charge in [-0.1, -0.05) is 36.2 Å². The molecule has 0 fully saturated rings. The van der Waals surface area contributed by atoms with E-state index in [0.717, 1.165) is 9.54 Å². The molecule has 0 N–H and O–H groups in total. The van der Waals surface area contributed by atoms with Gasteiger partial charge in [-0.15, -0.1) is 0 Å². The second kappa shape index (κ2) is 9.83. The maximum absolute atomic E-state index is 12.9. The molecule has 4 rings (SSSR count). The standard InChI is InChI=1S/C25H25N3O6S/c1-17-10-12-18(13-11-17)35(32,33)27-15-22(26-16-27)21(25(31)34-2)9-5-6-14-28-23(29)19-7-3-4-8-20(19)24(28)30/h3-4,7-8,10-13,15-16,21H,5-6,9,14H2,1-2H3. The third-order valence-corrected chi connectivity index (χ3v) is 7.64. The van der Waals surface area contributed by atoms with Crippen molar-refractivity contribution in [3.63, 3.8) is 0 Å². The van der Waals surface area contributed by atoms with Crippen molar-refractivity contribution in [1.29, 1.82) is 0 Å². The van der Waals surface area contributed by atoms with E-state index in [1.54, 1.807) is 36.4 Å². The number of carbonyl (C=O) groups is 3. The molecular formula is C25H25N3O6S. The van der Waals surface area contributed by atoms with Crippen molar-refractivity contribution >= 4 is 27.8 Å². The summed E-state index contributed by atoms with van der Waals surface area (Å²) < 4.78 is 31.7. The number of benzene rings is 2. The molecule has 35 heavy (non-hydrogen) atoms. The zero-order chi connectivity index (χ0) is 25.2. The van der Waals surface area contributed by atoms with Crippen LogP contribution in [-0.2, 0) is 19.6 Å². The Morgan fingerprint density at radius 2 is 1.63 bits per heavy atom. The fourth-order valence-corrected chi connectivity index (χ4v) is 5.19. The number of hydrogen-bond donors (Lipinski definition) is 0. The maximum Gasteiger partial charge on any atom is 0.314 e. The van der Waals surface area contributed by atoms with Gasteiger partial charge in [-0.2, -0.15) is 0 Å². The molecule has 0 radical (unpaired) electrons. The number of fused-ring (bicyclic) bond motifs is 1. The number of esters is 1. The van der Waals surface area contributed by atoms with Crippen LogP contribution in [-0.4, -0.2) is 53.7 Å². The van der Waals surface area contributed by atoms with Crippen molar-refractivity contribution in [2.45, 2.75) is 37.0 Å². The lowest BCUT2D eigenvalue weighted by molar-refractivity contribution is -0.142. The van der Waals surface area contributed by atoms with Gasteiger partial charge in [0.05, 0.1) is 28.8 Å². The van der Waals surface area contributed by atoms with Gasteiger partial charge in [0.2, 0.25) is 0 Å². The van der Waals surface area contributed by atoms with Crippen LogP contribution < -0.4 is 0 Å². The number of imide groups is 1. The van der Waals surface area contributed by atoms with Crippen molar-refractivity contribution in [3.05, 3.63) is 83.4 Å². The third-order valence-electron chi connectivity index (χ3n) is 6.02. The van der Waals surface area contributed by atoms with Gasteiger partial charge in [0.1, 0.15) is 12.2 Å². The highest BCUT2D eigenvalue weighted by atomic mass is 32.2. The van der Waals surface area contributed by atoms with Crippen molar-refractivity contribution in [2.24, 2.45) is 0 Å². The topological polar surface area (TPSA) is 116 Å². The lowest BCUT2D eigenvalue weighted by atomic mass is 9.99. The molecule has 10 heteroatoms. The first-order valence-corrected chi connectivity index (χ1v) is 12.6. The smallest absolute Gasteiger partial charge is 0.314 e. The van der Waals surface area contributed by atoms with E-state index in [4.69, 9.17) is 4.74 Å². The van der Waals surface area contributed by atoms with Gasteiger partial charge in [0, 0.05) is 12.7 Å². The van der Waals surface area contributed by atoms with Crippen LogP contribution in [0.3, 0.4) is 0 Å². The van der Waals surface area contributed by atoms with Crippen LogP contribution in [0.25, 0.3) is 0 Å². The van der Waals surface area contributed by atoms with E-state index >= 15 is 0 Å².